The quantitative estimate of drug-likeness (QED) is 0.538. The van der Waals surface area contributed by atoms with Crippen LogP contribution in [0, 0.1) is 0 Å². The van der Waals surface area contributed by atoms with Crippen LogP contribution in [0.25, 0.3) is 0 Å². The first-order valence-electron chi connectivity index (χ1n) is 4.81. The Morgan fingerprint density at radius 3 is 2.88 bits per heavy atom. The number of carbonyl (C=O) groups is 2. The molecule has 0 N–H and O–H groups in total. The molecule has 1 heterocycles. The molecule has 0 saturated carbocycles. The summed E-state index contributed by atoms with van der Waals surface area (Å²) in [5.41, 5.74) is 0.247. The highest BCUT2D eigenvalue weighted by Gasteiger charge is 2.19. The molecule has 0 aromatic carbocycles. The van der Waals surface area contributed by atoms with Gasteiger partial charge in [-0.15, -0.1) is 0 Å². The predicted octanol–water partition coefficient (Wildman–Crippen LogP) is 0.738. The standard InChI is InChI=1S/C10H14O5S/c1-7(2)10(12)14-5-8(11)15-9-6-16-4-3-13-9/h9H,1,3-6H2,2H3/t9-/m1/s1. The van der Waals surface area contributed by atoms with Crippen molar-refractivity contribution in [3.8, 4) is 0 Å². The highest BCUT2D eigenvalue weighted by atomic mass is 32.2. The summed E-state index contributed by atoms with van der Waals surface area (Å²) in [6, 6.07) is 0. The molecule has 0 aromatic rings. The summed E-state index contributed by atoms with van der Waals surface area (Å²) >= 11 is 1.65. The zero-order valence-corrected chi connectivity index (χ0v) is 9.88. The molecule has 1 rings (SSSR count). The number of hydrogen-bond donors (Lipinski definition) is 0. The molecule has 0 aromatic heterocycles. The van der Waals surface area contributed by atoms with Gasteiger partial charge in [-0.1, -0.05) is 6.58 Å². The summed E-state index contributed by atoms with van der Waals surface area (Å²) in [6.45, 7) is 5.06. The van der Waals surface area contributed by atoms with E-state index in [0.717, 1.165) is 5.75 Å². The van der Waals surface area contributed by atoms with E-state index in [1.165, 1.54) is 6.92 Å². The van der Waals surface area contributed by atoms with Crippen LogP contribution in [0.15, 0.2) is 12.2 Å². The van der Waals surface area contributed by atoms with Gasteiger partial charge >= 0.3 is 11.9 Å². The van der Waals surface area contributed by atoms with E-state index in [4.69, 9.17) is 9.47 Å². The van der Waals surface area contributed by atoms with Crippen LogP contribution < -0.4 is 0 Å². The van der Waals surface area contributed by atoms with E-state index in [2.05, 4.69) is 11.3 Å². The van der Waals surface area contributed by atoms with Gasteiger partial charge in [0.2, 0.25) is 6.29 Å². The van der Waals surface area contributed by atoms with Gasteiger partial charge in [-0.2, -0.15) is 11.8 Å². The second kappa shape index (κ2) is 6.55. The van der Waals surface area contributed by atoms with Crippen LogP contribution in [-0.2, 0) is 23.8 Å². The average molecular weight is 246 g/mol. The van der Waals surface area contributed by atoms with Crippen molar-refractivity contribution in [2.45, 2.75) is 13.2 Å². The van der Waals surface area contributed by atoms with Gasteiger partial charge in [-0.25, -0.2) is 9.59 Å². The monoisotopic (exact) mass is 246 g/mol. The molecule has 0 unspecified atom stereocenters. The summed E-state index contributed by atoms with van der Waals surface area (Å²) in [5, 5.41) is 0. The lowest BCUT2D eigenvalue weighted by molar-refractivity contribution is -0.180. The summed E-state index contributed by atoms with van der Waals surface area (Å²) in [4.78, 5) is 22.2. The highest BCUT2D eigenvalue weighted by molar-refractivity contribution is 7.99. The van der Waals surface area contributed by atoms with Gasteiger partial charge in [0.05, 0.1) is 12.4 Å². The van der Waals surface area contributed by atoms with Crippen molar-refractivity contribution in [2.75, 3.05) is 24.7 Å². The van der Waals surface area contributed by atoms with Crippen molar-refractivity contribution < 1.29 is 23.8 Å². The fourth-order valence-electron chi connectivity index (χ4n) is 0.962. The first-order valence-corrected chi connectivity index (χ1v) is 5.96. The Morgan fingerprint density at radius 1 is 1.56 bits per heavy atom. The molecule has 0 radical (unpaired) electrons. The molecule has 1 aliphatic heterocycles. The molecule has 1 saturated heterocycles. The lowest BCUT2D eigenvalue weighted by Gasteiger charge is -2.21. The molecule has 90 valence electrons. The number of esters is 2. The maximum atomic E-state index is 11.2. The maximum Gasteiger partial charge on any atom is 0.346 e. The van der Waals surface area contributed by atoms with Gasteiger partial charge in [0, 0.05) is 11.3 Å². The molecule has 16 heavy (non-hydrogen) atoms. The molecule has 1 fully saturated rings. The predicted molar refractivity (Wildman–Crippen MR) is 58.9 cm³/mol. The van der Waals surface area contributed by atoms with E-state index in [1.807, 2.05) is 0 Å². The molecule has 1 aliphatic rings. The lowest BCUT2D eigenvalue weighted by atomic mass is 10.4. The van der Waals surface area contributed by atoms with Crippen LogP contribution in [0.4, 0.5) is 0 Å². The Hall–Kier alpha value is -1.01. The minimum Gasteiger partial charge on any atom is -0.450 e. The van der Waals surface area contributed by atoms with Gasteiger partial charge in [0.15, 0.2) is 6.61 Å². The molecule has 0 spiro atoms. The van der Waals surface area contributed by atoms with Gasteiger partial charge in [-0.05, 0) is 6.92 Å². The number of thioether (sulfide) groups is 1. The number of rotatable bonds is 4. The molecule has 6 heteroatoms. The Labute approximate surface area is 98.1 Å². The van der Waals surface area contributed by atoms with Crippen LogP contribution >= 0.6 is 11.8 Å². The van der Waals surface area contributed by atoms with Crippen molar-refractivity contribution in [2.24, 2.45) is 0 Å². The van der Waals surface area contributed by atoms with Crippen LogP contribution in [0.2, 0.25) is 0 Å². The minimum absolute atomic E-state index is 0.247. The van der Waals surface area contributed by atoms with E-state index in [-0.39, 0.29) is 5.57 Å². The summed E-state index contributed by atoms with van der Waals surface area (Å²) < 4.78 is 14.7. The molecule has 0 bridgehead atoms. The molecule has 0 amide bonds. The maximum absolute atomic E-state index is 11.2. The van der Waals surface area contributed by atoms with Gasteiger partial charge in [0.1, 0.15) is 0 Å². The van der Waals surface area contributed by atoms with Gasteiger partial charge in [-0.3, -0.25) is 0 Å². The SMILES string of the molecule is C=C(C)C(=O)OCC(=O)O[C@@H]1CSCCO1. The van der Waals surface area contributed by atoms with Crippen LogP contribution in [0.1, 0.15) is 6.92 Å². The zero-order valence-electron chi connectivity index (χ0n) is 9.06. The topological polar surface area (TPSA) is 61.8 Å². The number of carbonyl (C=O) groups excluding carboxylic acids is 2. The number of ether oxygens (including phenoxy) is 3. The Balaban J connectivity index is 2.19. The highest BCUT2D eigenvalue weighted by Crippen LogP contribution is 2.13. The molecule has 5 nitrogen and oxygen atoms in total. The normalized spacial score (nSPS) is 19.9. The Bertz CT molecular complexity index is 283. The van der Waals surface area contributed by atoms with E-state index in [9.17, 15) is 9.59 Å². The smallest absolute Gasteiger partial charge is 0.346 e. The van der Waals surface area contributed by atoms with Crippen molar-refractivity contribution >= 4 is 23.7 Å². The molecule has 0 aliphatic carbocycles. The minimum atomic E-state index is -0.609. The average Bonchev–Trinajstić information content (AvgIpc) is 2.27. The Kier molecular flexibility index (Phi) is 5.34. The molecular formula is C10H14O5S. The third-order valence-electron chi connectivity index (χ3n) is 1.72. The van der Waals surface area contributed by atoms with Gasteiger partial charge in [0.25, 0.3) is 0 Å². The lowest BCUT2D eigenvalue weighted by Crippen LogP contribution is -2.30. The van der Waals surface area contributed by atoms with Crippen molar-refractivity contribution in [3.05, 3.63) is 12.2 Å². The van der Waals surface area contributed by atoms with Crippen LogP contribution in [-0.4, -0.2) is 42.9 Å². The summed E-state index contributed by atoms with van der Waals surface area (Å²) in [6.07, 6.45) is -0.533. The second-order valence-corrected chi connectivity index (χ2v) is 4.37. The van der Waals surface area contributed by atoms with Crippen molar-refractivity contribution in [3.63, 3.8) is 0 Å². The summed E-state index contributed by atoms with van der Waals surface area (Å²) in [7, 11) is 0. The van der Waals surface area contributed by atoms with Crippen molar-refractivity contribution in [1.29, 1.82) is 0 Å². The van der Waals surface area contributed by atoms with E-state index < -0.39 is 24.8 Å². The second-order valence-electron chi connectivity index (χ2n) is 3.22. The zero-order chi connectivity index (χ0) is 12.0. The Morgan fingerprint density at radius 2 is 2.31 bits per heavy atom. The van der Waals surface area contributed by atoms with Gasteiger partial charge < -0.3 is 14.2 Å². The summed E-state index contributed by atoms with van der Waals surface area (Å²) in [5.74, 6) is 0.303. The number of hydrogen-bond acceptors (Lipinski definition) is 6. The van der Waals surface area contributed by atoms with E-state index >= 15 is 0 Å². The molecular weight excluding hydrogens is 232 g/mol. The fraction of sp³-hybridized carbons (Fsp3) is 0.600. The fourth-order valence-corrected chi connectivity index (χ4v) is 1.70. The van der Waals surface area contributed by atoms with E-state index in [1.54, 1.807) is 11.8 Å². The first-order chi connectivity index (χ1) is 7.59. The third-order valence-corrected chi connectivity index (χ3v) is 2.68. The van der Waals surface area contributed by atoms with Crippen LogP contribution in [0.3, 0.4) is 0 Å². The van der Waals surface area contributed by atoms with E-state index in [0.29, 0.717) is 12.4 Å². The molecule has 1 atom stereocenters. The van der Waals surface area contributed by atoms with Crippen molar-refractivity contribution in [1.82, 2.24) is 0 Å². The largest absolute Gasteiger partial charge is 0.450 e. The first kappa shape index (κ1) is 13.1. The third kappa shape index (κ3) is 4.67. The van der Waals surface area contributed by atoms with Crippen LogP contribution in [0.5, 0.6) is 0 Å².